The van der Waals surface area contributed by atoms with Gasteiger partial charge < -0.3 is 14.4 Å². The molecule has 2 aromatic carbocycles. The summed E-state index contributed by atoms with van der Waals surface area (Å²) in [6, 6.07) is 18.6. The molecule has 30 heavy (non-hydrogen) atoms. The van der Waals surface area contributed by atoms with Gasteiger partial charge in [0.05, 0.1) is 19.0 Å². The summed E-state index contributed by atoms with van der Waals surface area (Å²) in [5.74, 6) is 0. The van der Waals surface area contributed by atoms with E-state index in [4.69, 9.17) is 4.74 Å². The van der Waals surface area contributed by atoms with Crippen LogP contribution in [-0.4, -0.2) is 44.4 Å². The Morgan fingerprint density at radius 3 is 2.23 bits per heavy atom. The highest BCUT2D eigenvalue weighted by molar-refractivity contribution is 5.87. The third-order valence-corrected chi connectivity index (χ3v) is 4.90. The number of aromatic nitrogens is 4. The van der Waals surface area contributed by atoms with Crippen LogP contribution in [-0.2, 0) is 11.3 Å². The minimum Gasteiger partial charge on any atom is -0.394 e. The number of hydrogen-bond donors (Lipinski definition) is 1. The molecule has 0 bridgehead atoms. The maximum absolute atomic E-state index is 9.29. The fourth-order valence-electron chi connectivity index (χ4n) is 3.27. The van der Waals surface area contributed by atoms with E-state index in [1.54, 1.807) is 19.8 Å². The van der Waals surface area contributed by atoms with Gasteiger partial charge in [-0.3, -0.25) is 0 Å². The largest absolute Gasteiger partial charge is 0.394 e. The lowest BCUT2D eigenvalue weighted by Gasteiger charge is -2.12. The van der Waals surface area contributed by atoms with Gasteiger partial charge in [0.25, 0.3) is 0 Å². The maximum Gasteiger partial charge on any atom is 0.163 e. The molecule has 0 aliphatic carbocycles. The molecular weight excluding hydrogens is 376 g/mol. The molecule has 0 saturated heterocycles. The van der Waals surface area contributed by atoms with E-state index in [1.807, 2.05) is 36.6 Å². The van der Waals surface area contributed by atoms with Crippen molar-refractivity contribution in [1.29, 1.82) is 0 Å². The number of benzene rings is 2. The Morgan fingerprint density at radius 1 is 0.900 bits per heavy atom. The first-order valence-electron chi connectivity index (χ1n) is 10.3. The fraction of sp³-hybridized carbons (Fsp3) is 0.292. The van der Waals surface area contributed by atoms with Gasteiger partial charge in [-0.15, -0.1) is 0 Å². The fourth-order valence-corrected chi connectivity index (χ4v) is 3.27. The first-order chi connectivity index (χ1) is 14.8. The van der Waals surface area contributed by atoms with Gasteiger partial charge in [-0.1, -0.05) is 68.4 Å². The number of aryl methyl sites for hydroxylation is 1. The number of nitrogens with zero attached hydrogens (tertiary/aromatic N) is 4. The molecule has 0 fully saturated rings. The number of methoxy groups -OCH3 is 1. The molecule has 156 valence electrons. The van der Waals surface area contributed by atoms with Crippen LogP contribution < -0.4 is 0 Å². The Morgan fingerprint density at radius 2 is 1.57 bits per heavy atom. The van der Waals surface area contributed by atoms with Gasteiger partial charge in [0.1, 0.15) is 17.5 Å². The zero-order valence-electron chi connectivity index (χ0n) is 17.7. The molecule has 4 aromatic rings. The van der Waals surface area contributed by atoms with Crippen LogP contribution in [0.25, 0.3) is 33.5 Å². The Labute approximate surface area is 177 Å². The van der Waals surface area contributed by atoms with E-state index in [0.717, 1.165) is 28.0 Å². The highest BCUT2D eigenvalue weighted by atomic mass is 16.5. The summed E-state index contributed by atoms with van der Waals surface area (Å²) < 4.78 is 7.21. The maximum atomic E-state index is 9.29. The number of aliphatic hydroxyl groups is 1. The molecule has 0 saturated carbocycles. The minimum atomic E-state index is -0.190. The Kier molecular flexibility index (Phi) is 7.65. The zero-order chi connectivity index (χ0) is 21.3. The van der Waals surface area contributed by atoms with E-state index in [1.165, 1.54) is 5.56 Å². The topological polar surface area (TPSA) is 73.1 Å². The molecule has 4 rings (SSSR count). The van der Waals surface area contributed by atoms with Crippen molar-refractivity contribution in [2.75, 3.05) is 13.7 Å². The molecule has 1 N–H and O–H groups in total. The highest BCUT2D eigenvalue weighted by Crippen LogP contribution is 2.27. The number of aliphatic hydroxyl groups excluding tert-OH is 1. The zero-order valence-corrected chi connectivity index (χ0v) is 17.7. The van der Waals surface area contributed by atoms with Gasteiger partial charge in [-0.05, 0) is 17.5 Å². The monoisotopic (exact) mass is 404 g/mol. The van der Waals surface area contributed by atoms with Gasteiger partial charge >= 0.3 is 0 Å². The standard InChI is InChI=1S/C22H22N4O2.C2H6/c1-28-19(13-27)11-12-26-15-25-21-20(23-14-24-22(21)26)18-9-7-17(8-10-18)16-5-3-2-4-6-16;1-2/h2-10,14-15,19,27H,11-13H2,1H3;1-2H3. The van der Waals surface area contributed by atoms with E-state index in [9.17, 15) is 5.11 Å². The van der Waals surface area contributed by atoms with Gasteiger partial charge in [-0.25, -0.2) is 15.0 Å². The number of rotatable bonds is 7. The van der Waals surface area contributed by atoms with E-state index < -0.39 is 0 Å². The number of imidazole rings is 1. The molecule has 2 heterocycles. The highest BCUT2D eigenvalue weighted by Gasteiger charge is 2.13. The number of hydrogen-bond acceptors (Lipinski definition) is 5. The van der Waals surface area contributed by atoms with Crippen LogP contribution in [0.3, 0.4) is 0 Å². The molecular formula is C24H28N4O2. The van der Waals surface area contributed by atoms with Crippen LogP contribution >= 0.6 is 0 Å². The third-order valence-electron chi connectivity index (χ3n) is 4.90. The second-order valence-corrected chi connectivity index (χ2v) is 6.60. The summed E-state index contributed by atoms with van der Waals surface area (Å²) in [5.41, 5.74) is 5.71. The molecule has 2 aromatic heterocycles. The van der Waals surface area contributed by atoms with Crippen molar-refractivity contribution in [3.05, 3.63) is 67.3 Å². The smallest absolute Gasteiger partial charge is 0.163 e. The Hall–Kier alpha value is -3.09. The first-order valence-corrected chi connectivity index (χ1v) is 10.3. The third kappa shape index (κ3) is 4.72. The van der Waals surface area contributed by atoms with Gasteiger partial charge in [0.15, 0.2) is 5.65 Å². The van der Waals surface area contributed by atoms with E-state index in [-0.39, 0.29) is 12.7 Å². The summed E-state index contributed by atoms with van der Waals surface area (Å²) >= 11 is 0. The lowest BCUT2D eigenvalue weighted by molar-refractivity contribution is 0.0405. The molecule has 6 heteroatoms. The minimum absolute atomic E-state index is 0.00285. The van der Waals surface area contributed by atoms with Crippen molar-refractivity contribution in [3.8, 4) is 22.4 Å². The van der Waals surface area contributed by atoms with Gasteiger partial charge in [0, 0.05) is 19.2 Å². The molecule has 0 aliphatic heterocycles. The lowest BCUT2D eigenvalue weighted by atomic mass is 10.0. The molecule has 1 unspecified atom stereocenters. The molecule has 1 atom stereocenters. The van der Waals surface area contributed by atoms with Crippen molar-refractivity contribution in [1.82, 2.24) is 19.5 Å². The van der Waals surface area contributed by atoms with Gasteiger partial charge in [0.2, 0.25) is 0 Å². The van der Waals surface area contributed by atoms with Crippen molar-refractivity contribution in [2.45, 2.75) is 32.9 Å². The lowest BCUT2D eigenvalue weighted by Crippen LogP contribution is -2.18. The van der Waals surface area contributed by atoms with Crippen LogP contribution in [0.2, 0.25) is 0 Å². The Balaban J connectivity index is 0.00000124. The van der Waals surface area contributed by atoms with E-state index in [2.05, 4.69) is 51.4 Å². The van der Waals surface area contributed by atoms with Crippen LogP contribution in [0, 0.1) is 0 Å². The predicted molar refractivity (Wildman–Crippen MR) is 120 cm³/mol. The summed E-state index contributed by atoms with van der Waals surface area (Å²) in [6.45, 7) is 4.66. The van der Waals surface area contributed by atoms with Crippen molar-refractivity contribution >= 4 is 11.2 Å². The van der Waals surface area contributed by atoms with Crippen LogP contribution in [0.5, 0.6) is 0 Å². The summed E-state index contributed by atoms with van der Waals surface area (Å²) in [6.07, 6.45) is 3.83. The second kappa shape index (κ2) is 10.6. The van der Waals surface area contributed by atoms with Crippen molar-refractivity contribution in [3.63, 3.8) is 0 Å². The normalized spacial score (nSPS) is 11.7. The number of ether oxygens (including phenoxy) is 1. The van der Waals surface area contributed by atoms with Crippen LogP contribution in [0.1, 0.15) is 20.3 Å². The molecule has 0 aliphatic rings. The summed E-state index contributed by atoms with van der Waals surface area (Å²) in [4.78, 5) is 13.4. The van der Waals surface area contributed by atoms with E-state index >= 15 is 0 Å². The molecule has 6 nitrogen and oxygen atoms in total. The van der Waals surface area contributed by atoms with E-state index in [0.29, 0.717) is 13.0 Å². The number of fused-ring (bicyclic) bond motifs is 1. The summed E-state index contributed by atoms with van der Waals surface area (Å²) in [7, 11) is 1.60. The molecule has 0 amide bonds. The van der Waals surface area contributed by atoms with Crippen molar-refractivity contribution < 1.29 is 9.84 Å². The second-order valence-electron chi connectivity index (χ2n) is 6.60. The van der Waals surface area contributed by atoms with Crippen LogP contribution in [0.4, 0.5) is 0 Å². The van der Waals surface area contributed by atoms with Crippen molar-refractivity contribution in [2.24, 2.45) is 0 Å². The molecule has 0 spiro atoms. The Bertz CT molecular complexity index is 1040. The van der Waals surface area contributed by atoms with Gasteiger partial charge in [-0.2, -0.15) is 0 Å². The average molecular weight is 405 g/mol. The predicted octanol–water partition coefficient (Wildman–Crippen LogP) is 4.58. The quantitative estimate of drug-likeness (QED) is 0.488. The SMILES string of the molecule is CC.COC(CO)CCn1cnc2c(-c3ccc(-c4ccccc4)cc3)ncnc21. The summed E-state index contributed by atoms with van der Waals surface area (Å²) in [5, 5.41) is 9.29. The average Bonchev–Trinajstić information content (AvgIpc) is 3.25. The molecule has 0 radical (unpaired) electrons. The first kappa shape index (κ1) is 21.6. The van der Waals surface area contributed by atoms with Crippen LogP contribution in [0.15, 0.2) is 67.3 Å².